The van der Waals surface area contributed by atoms with Gasteiger partial charge in [-0.05, 0) is 19.1 Å². The van der Waals surface area contributed by atoms with Crippen molar-refractivity contribution < 1.29 is 9.90 Å². The first-order chi connectivity index (χ1) is 9.69. The average molecular weight is 271 g/mol. The van der Waals surface area contributed by atoms with Crippen LogP contribution in [0.25, 0.3) is 5.65 Å². The maximum absolute atomic E-state index is 11.4. The van der Waals surface area contributed by atoms with Gasteiger partial charge in [-0.3, -0.25) is 9.08 Å². The Balaban J connectivity index is 2.06. The van der Waals surface area contributed by atoms with Crippen LogP contribution in [0.3, 0.4) is 0 Å². The van der Waals surface area contributed by atoms with Crippen LogP contribution in [-0.4, -0.2) is 30.2 Å². The van der Waals surface area contributed by atoms with Gasteiger partial charge in [0.15, 0.2) is 11.5 Å². The van der Waals surface area contributed by atoms with Gasteiger partial charge in [0.25, 0.3) is 0 Å². The van der Waals surface area contributed by atoms with E-state index in [1.807, 2.05) is 13.0 Å². The number of hydrogen-bond donors (Lipinski definition) is 2. The van der Waals surface area contributed by atoms with Crippen molar-refractivity contribution in [3.8, 4) is 0 Å². The number of aromatic carboxylic acids is 1. The molecule has 3 rings (SSSR count). The molecule has 0 fully saturated rings. The summed E-state index contributed by atoms with van der Waals surface area (Å²) in [6.45, 7) is 2.73. The number of carboxylic acids is 1. The third-order valence-corrected chi connectivity index (χ3v) is 2.95. The van der Waals surface area contributed by atoms with E-state index in [0.29, 0.717) is 17.2 Å². The molecule has 3 heterocycles. The smallest absolute Gasteiger partial charge is 0.356 e. The lowest BCUT2D eigenvalue weighted by atomic mass is 10.4. The van der Waals surface area contributed by atoms with Gasteiger partial charge in [-0.15, -0.1) is 0 Å². The summed E-state index contributed by atoms with van der Waals surface area (Å²) >= 11 is 0. The summed E-state index contributed by atoms with van der Waals surface area (Å²) in [6.07, 6.45) is 5.11. The zero-order valence-corrected chi connectivity index (χ0v) is 10.8. The van der Waals surface area contributed by atoms with E-state index < -0.39 is 5.97 Å². The van der Waals surface area contributed by atoms with Crippen LogP contribution < -0.4 is 5.32 Å². The van der Waals surface area contributed by atoms with Crippen molar-refractivity contribution in [3.05, 3.63) is 42.5 Å². The Morgan fingerprint density at radius 1 is 1.45 bits per heavy atom. The van der Waals surface area contributed by atoms with Crippen LogP contribution in [0.15, 0.2) is 36.8 Å². The quantitative estimate of drug-likeness (QED) is 0.758. The van der Waals surface area contributed by atoms with E-state index in [9.17, 15) is 9.90 Å². The summed E-state index contributed by atoms with van der Waals surface area (Å²) in [5.41, 5.74) is 1.39. The van der Waals surface area contributed by atoms with Crippen LogP contribution >= 0.6 is 0 Å². The topological polar surface area (TPSA) is 84.5 Å². The van der Waals surface area contributed by atoms with Gasteiger partial charge in [0, 0.05) is 18.9 Å². The van der Waals surface area contributed by atoms with E-state index in [4.69, 9.17) is 0 Å². The molecular weight excluding hydrogens is 258 g/mol. The van der Waals surface area contributed by atoms with E-state index >= 15 is 0 Å². The fraction of sp³-hybridized carbons (Fsp3) is 0.154. The van der Waals surface area contributed by atoms with Gasteiger partial charge in [-0.25, -0.2) is 9.78 Å². The molecule has 20 heavy (non-hydrogen) atoms. The Hall–Kier alpha value is -2.83. The number of carboxylic acid groups (broad SMARTS) is 1. The number of fused-ring (bicyclic) bond motifs is 1. The molecule has 0 aromatic carbocycles. The molecule has 0 radical (unpaired) electrons. The van der Waals surface area contributed by atoms with Crippen LogP contribution in [0.4, 0.5) is 11.5 Å². The SMILES string of the molecule is CCn1cc(Nc2nc3ccccn3c2C(=O)O)cn1. The van der Waals surface area contributed by atoms with Gasteiger partial charge >= 0.3 is 5.97 Å². The van der Waals surface area contributed by atoms with Crippen molar-refractivity contribution in [2.24, 2.45) is 0 Å². The number of nitrogens with one attached hydrogen (secondary N) is 1. The molecule has 0 aliphatic rings. The normalized spacial score (nSPS) is 10.8. The van der Waals surface area contributed by atoms with Gasteiger partial charge < -0.3 is 10.4 Å². The number of anilines is 2. The number of aryl methyl sites for hydroxylation is 1. The maximum Gasteiger partial charge on any atom is 0.356 e. The third kappa shape index (κ3) is 1.99. The number of imidazole rings is 1. The first kappa shape index (κ1) is 12.2. The van der Waals surface area contributed by atoms with Crippen molar-refractivity contribution in [2.45, 2.75) is 13.5 Å². The molecule has 0 bridgehead atoms. The molecule has 0 spiro atoms. The molecule has 0 aliphatic carbocycles. The van der Waals surface area contributed by atoms with E-state index in [-0.39, 0.29) is 5.69 Å². The summed E-state index contributed by atoms with van der Waals surface area (Å²) in [6, 6.07) is 5.33. The van der Waals surface area contributed by atoms with Gasteiger partial charge in [0.05, 0.1) is 11.9 Å². The van der Waals surface area contributed by atoms with Crippen molar-refractivity contribution in [1.82, 2.24) is 19.2 Å². The summed E-state index contributed by atoms with van der Waals surface area (Å²) < 4.78 is 3.29. The Morgan fingerprint density at radius 2 is 2.30 bits per heavy atom. The van der Waals surface area contributed by atoms with E-state index in [1.54, 1.807) is 35.4 Å². The third-order valence-electron chi connectivity index (χ3n) is 2.95. The second kappa shape index (κ2) is 4.69. The van der Waals surface area contributed by atoms with Gasteiger partial charge in [-0.1, -0.05) is 6.07 Å². The summed E-state index contributed by atoms with van der Waals surface area (Å²) in [4.78, 5) is 15.7. The molecule has 0 unspecified atom stereocenters. The number of aromatic nitrogens is 4. The minimum Gasteiger partial charge on any atom is -0.476 e. The Kier molecular flexibility index (Phi) is 2.86. The minimum atomic E-state index is -1.03. The highest BCUT2D eigenvalue weighted by Gasteiger charge is 2.18. The number of nitrogens with zero attached hydrogens (tertiary/aromatic N) is 4. The van der Waals surface area contributed by atoms with Crippen molar-refractivity contribution in [1.29, 1.82) is 0 Å². The van der Waals surface area contributed by atoms with Crippen LogP contribution in [0.5, 0.6) is 0 Å². The van der Waals surface area contributed by atoms with Crippen molar-refractivity contribution in [2.75, 3.05) is 5.32 Å². The largest absolute Gasteiger partial charge is 0.476 e. The Bertz CT molecular complexity index is 774. The van der Waals surface area contributed by atoms with E-state index in [0.717, 1.165) is 6.54 Å². The Labute approximate surface area is 114 Å². The molecule has 3 aromatic heterocycles. The first-order valence-corrected chi connectivity index (χ1v) is 6.19. The highest BCUT2D eigenvalue weighted by Crippen LogP contribution is 2.21. The minimum absolute atomic E-state index is 0.102. The highest BCUT2D eigenvalue weighted by atomic mass is 16.4. The molecule has 2 N–H and O–H groups in total. The van der Waals surface area contributed by atoms with Crippen LogP contribution in [-0.2, 0) is 6.54 Å². The number of pyridine rings is 1. The van der Waals surface area contributed by atoms with Crippen LogP contribution in [0, 0.1) is 0 Å². The van der Waals surface area contributed by atoms with Gasteiger partial charge in [0.1, 0.15) is 5.65 Å². The summed E-state index contributed by atoms with van der Waals surface area (Å²) in [5, 5.41) is 16.5. The average Bonchev–Trinajstić information content (AvgIpc) is 3.02. The van der Waals surface area contributed by atoms with Crippen LogP contribution in [0.1, 0.15) is 17.4 Å². The second-order valence-electron chi connectivity index (χ2n) is 4.25. The molecule has 0 saturated carbocycles. The predicted octanol–water partition coefficient (Wildman–Crippen LogP) is 1.99. The van der Waals surface area contributed by atoms with E-state index in [2.05, 4.69) is 15.4 Å². The Morgan fingerprint density at radius 3 is 3.00 bits per heavy atom. The molecular formula is C13H13N5O2. The molecule has 0 saturated heterocycles. The van der Waals surface area contributed by atoms with Gasteiger partial charge in [-0.2, -0.15) is 5.10 Å². The number of rotatable bonds is 4. The lowest BCUT2D eigenvalue weighted by molar-refractivity contribution is 0.0690. The fourth-order valence-corrected chi connectivity index (χ4v) is 2.03. The molecule has 0 aliphatic heterocycles. The molecule has 0 atom stereocenters. The van der Waals surface area contributed by atoms with E-state index in [1.165, 1.54) is 4.40 Å². The lowest BCUT2D eigenvalue weighted by Gasteiger charge is -2.01. The zero-order chi connectivity index (χ0) is 14.1. The maximum atomic E-state index is 11.4. The van der Waals surface area contributed by atoms with Crippen molar-refractivity contribution >= 4 is 23.1 Å². The zero-order valence-electron chi connectivity index (χ0n) is 10.8. The molecule has 7 nitrogen and oxygen atoms in total. The highest BCUT2D eigenvalue weighted by molar-refractivity contribution is 5.93. The molecule has 7 heteroatoms. The molecule has 102 valence electrons. The lowest BCUT2D eigenvalue weighted by Crippen LogP contribution is -2.05. The number of carbonyl (C=O) groups is 1. The first-order valence-electron chi connectivity index (χ1n) is 6.19. The predicted molar refractivity (Wildman–Crippen MR) is 73.3 cm³/mol. The standard InChI is InChI=1S/C13H13N5O2/c1-2-17-8-9(7-14-17)15-12-11(13(19)20)18-6-4-3-5-10(18)16-12/h3-8,15H,2H2,1H3,(H,19,20). The summed E-state index contributed by atoms with van der Waals surface area (Å²) in [5.74, 6) is -0.728. The number of hydrogen-bond acceptors (Lipinski definition) is 4. The monoisotopic (exact) mass is 271 g/mol. The molecule has 0 amide bonds. The fourth-order valence-electron chi connectivity index (χ4n) is 2.03. The second-order valence-corrected chi connectivity index (χ2v) is 4.25. The molecule has 3 aromatic rings. The van der Waals surface area contributed by atoms with Gasteiger partial charge in [0.2, 0.25) is 0 Å². The summed E-state index contributed by atoms with van der Waals surface area (Å²) in [7, 11) is 0. The van der Waals surface area contributed by atoms with Crippen molar-refractivity contribution in [3.63, 3.8) is 0 Å². The van der Waals surface area contributed by atoms with Crippen LogP contribution in [0.2, 0.25) is 0 Å².